The summed E-state index contributed by atoms with van der Waals surface area (Å²) in [5.74, 6) is 2.12. The number of fused-ring (bicyclic) bond motifs is 1. The number of anilines is 1. The van der Waals surface area contributed by atoms with Crippen LogP contribution in [-0.2, 0) is 7.05 Å². The monoisotopic (exact) mass is 323 g/mol. The normalized spacial score (nSPS) is 15.8. The first kappa shape index (κ1) is 15.0. The maximum absolute atomic E-state index is 6.07. The van der Waals surface area contributed by atoms with Crippen LogP contribution in [0.25, 0.3) is 10.9 Å². The molecule has 1 fully saturated rings. The molecule has 3 heterocycles. The quantitative estimate of drug-likeness (QED) is 0.741. The molecule has 1 aromatic carbocycles. The lowest BCUT2D eigenvalue weighted by Gasteiger charge is -2.32. The van der Waals surface area contributed by atoms with Crippen LogP contribution in [0.1, 0.15) is 0 Å². The summed E-state index contributed by atoms with van der Waals surface area (Å²) in [5.41, 5.74) is 1.07. The van der Waals surface area contributed by atoms with Gasteiger partial charge >= 0.3 is 0 Å². The van der Waals surface area contributed by atoms with E-state index >= 15 is 0 Å². The fraction of sp³-hybridized carbons (Fsp3) is 0.333. The van der Waals surface area contributed by atoms with Crippen molar-refractivity contribution < 1.29 is 4.74 Å². The minimum Gasteiger partial charge on any atom is -0.437 e. The molecule has 0 spiro atoms. The number of ether oxygens (including phenoxy) is 1. The van der Waals surface area contributed by atoms with Gasteiger partial charge in [-0.1, -0.05) is 12.1 Å². The molecule has 6 heteroatoms. The van der Waals surface area contributed by atoms with Crippen LogP contribution in [0.2, 0.25) is 0 Å². The van der Waals surface area contributed by atoms with E-state index in [1.807, 2.05) is 25.4 Å². The van der Waals surface area contributed by atoms with Crippen LogP contribution in [0, 0.1) is 0 Å². The summed E-state index contributed by atoms with van der Waals surface area (Å²) in [5, 5.41) is 1.16. The largest absolute Gasteiger partial charge is 0.437 e. The molecule has 24 heavy (non-hydrogen) atoms. The van der Waals surface area contributed by atoms with Crippen molar-refractivity contribution in [2.45, 2.75) is 0 Å². The molecule has 1 aliphatic rings. The van der Waals surface area contributed by atoms with Gasteiger partial charge in [-0.25, -0.2) is 4.98 Å². The van der Waals surface area contributed by atoms with E-state index in [-0.39, 0.29) is 0 Å². The van der Waals surface area contributed by atoms with Crippen molar-refractivity contribution in [3.63, 3.8) is 0 Å². The van der Waals surface area contributed by atoms with Crippen molar-refractivity contribution in [1.82, 2.24) is 19.4 Å². The second-order valence-electron chi connectivity index (χ2n) is 6.21. The van der Waals surface area contributed by atoms with E-state index in [9.17, 15) is 0 Å². The molecule has 1 saturated heterocycles. The first-order chi connectivity index (χ1) is 11.7. The van der Waals surface area contributed by atoms with Crippen molar-refractivity contribution in [2.24, 2.45) is 7.05 Å². The Labute approximate surface area is 141 Å². The Balaban J connectivity index is 1.61. The zero-order chi connectivity index (χ0) is 16.5. The van der Waals surface area contributed by atoms with E-state index in [0.717, 1.165) is 48.8 Å². The third kappa shape index (κ3) is 2.80. The summed E-state index contributed by atoms with van der Waals surface area (Å²) in [7, 11) is 4.16. The van der Waals surface area contributed by atoms with Crippen LogP contribution in [-0.4, -0.2) is 52.7 Å². The first-order valence-corrected chi connectivity index (χ1v) is 8.19. The molecule has 0 atom stereocenters. The highest BCUT2D eigenvalue weighted by Crippen LogP contribution is 2.29. The van der Waals surface area contributed by atoms with E-state index in [1.54, 1.807) is 12.3 Å². The second kappa shape index (κ2) is 6.13. The highest BCUT2D eigenvalue weighted by atomic mass is 16.5. The molecule has 6 nitrogen and oxygen atoms in total. The molecule has 124 valence electrons. The maximum Gasteiger partial charge on any atom is 0.228 e. The Bertz CT molecular complexity index is 851. The summed E-state index contributed by atoms with van der Waals surface area (Å²) in [6, 6.07) is 9.94. The molecule has 0 radical (unpaired) electrons. The molecule has 0 amide bonds. The Morgan fingerprint density at radius 1 is 1.00 bits per heavy atom. The molecule has 3 aromatic rings. The predicted octanol–water partition coefficient (Wildman–Crippen LogP) is 2.51. The summed E-state index contributed by atoms with van der Waals surface area (Å²) >= 11 is 0. The Morgan fingerprint density at radius 2 is 1.83 bits per heavy atom. The third-order valence-corrected chi connectivity index (χ3v) is 4.48. The summed E-state index contributed by atoms with van der Waals surface area (Å²) < 4.78 is 8.14. The van der Waals surface area contributed by atoms with E-state index in [2.05, 4.69) is 43.5 Å². The van der Waals surface area contributed by atoms with Gasteiger partial charge < -0.3 is 19.1 Å². The maximum atomic E-state index is 6.07. The fourth-order valence-electron chi connectivity index (χ4n) is 3.06. The van der Waals surface area contributed by atoms with Gasteiger partial charge in [-0.15, -0.1) is 0 Å². The number of nitrogens with zero attached hydrogens (tertiary/aromatic N) is 5. The molecule has 1 aliphatic heterocycles. The van der Waals surface area contributed by atoms with Crippen LogP contribution in [0.5, 0.6) is 11.6 Å². The van der Waals surface area contributed by atoms with Crippen LogP contribution >= 0.6 is 0 Å². The van der Waals surface area contributed by atoms with Gasteiger partial charge in [-0.2, -0.15) is 4.98 Å². The molecule has 4 rings (SSSR count). The summed E-state index contributed by atoms with van der Waals surface area (Å²) in [4.78, 5) is 13.5. The highest BCUT2D eigenvalue weighted by molar-refractivity contribution is 5.86. The predicted molar refractivity (Wildman–Crippen MR) is 94.7 cm³/mol. The van der Waals surface area contributed by atoms with Gasteiger partial charge in [0.15, 0.2) is 5.75 Å². The lowest BCUT2D eigenvalue weighted by Crippen LogP contribution is -2.45. The minimum atomic E-state index is 0.577. The van der Waals surface area contributed by atoms with Gasteiger partial charge in [0.1, 0.15) is 0 Å². The van der Waals surface area contributed by atoms with Gasteiger partial charge in [0.2, 0.25) is 11.8 Å². The SMILES string of the molecule is CN1CCN(c2nccc(Oc3cccc4ccn(C)c34)n2)CC1. The number of aryl methyl sites for hydroxylation is 1. The van der Waals surface area contributed by atoms with Crippen molar-refractivity contribution >= 4 is 16.9 Å². The van der Waals surface area contributed by atoms with Crippen molar-refractivity contribution in [3.05, 3.63) is 42.7 Å². The number of likely N-dealkylation sites (N-methyl/N-ethyl adjacent to an activating group) is 1. The number of piperazine rings is 1. The zero-order valence-corrected chi connectivity index (χ0v) is 14.0. The van der Waals surface area contributed by atoms with Gasteiger partial charge in [0, 0.05) is 57.1 Å². The lowest BCUT2D eigenvalue weighted by molar-refractivity contribution is 0.310. The number of benzene rings is 1. The smallest absolute Gasteiger partial charge is 0.228 e. The van der Waals surface area contributed by atoms with Crippen LogP contribution in [0.15, 0.2) is 42.7 Å². The number of hydrogen-bond acceptors (Lipinski definition) is 5. The van der Waals surface area contributed by atoms with E-state index < -0.39 is 0 Å². The van der Waals surface area contributed by atoms with Gasteiger partial charge in [-0.3, -0.25) is 0 Å². The van der Waals surface area contributed by atoms with Crippen molar-refractivity contribution in [3.8, 4) is 11.6 Å². The topological polar surface area (TPSA) is 46.4 Å². The van der Waals surface area contributed by atoms with Gasteiger partial charge in [-0.05, 0) is 19.2 Å². The lowest BCUT2D eigenvalue weighted by atomic mass is 10.2. The van der Waals surface area contributed by atoms with E-state index in [4.69, 9.17) is 4.74 Å². The van der Waals surface area contributed by atoms with Crippen molar-refractivity contribution in [2.75, 3.05) is 38.1 Å². The van der Waals surface area contributed by atoms with Gasteiger partial charge in [0.25, 0.3) is 0 Å². The molecule has 2 aromatic heterocycles. The molecule has 0 bridgehead atoms. The average molecular weight is 323 g/mol. The first-order valence-electron chi connectivity index (χ1n) is 8.19. The van der Waals surface area contributed by atoms with Crippen molar-refractivity contribution in [1.29, 1.82) is 0 Å². The molecule has 0 N–H and O–H groups in total. The average Bonchev–Trinajstić information content (AvgIpc) is 2.98. The fourth-order valence-corrected chi connectivity index (χ4v) is 3.06. The Morgan fingerprint density at radius 3 is 2.67 bits per heavy atom. The number of rotatable bonds is 3. The Hall–Kier alpha value is -2.60. The Kier molecular flexibility index (Phi) is 3.82. The molecule has 0 saturated carbocycles. The zero-order valence-electron chi connectivity index (χ0n) is 14.0. The second-order valence-corrected chi connectivity index (χ2v) is 6.21. The molecular formula is C18H21N5O. The number of aromatic nitrogens is 3. The minimum absolute atomic E-state index is 0.577. The highest BCUT2D eigenvalue weighted by Gasteiger charge is 2.17. The summed E-state index contributed by atoms with van der Waals surface area (Å²) in [6.45, 7) is 3.93. The van der Waals surface area contributed by atoms with E-state index in [1.165, 1.54) is 0 Å². The molecular weight excluding hydrogens is 302 g/mol. The van der Waals surface area contributed by atoms with Crippen LogP contribution in [0.3, 0.4) is 0 Å². The van der Waals surface area contributed by atoms with Crippen LogP contribution < -0.4 is 9.64 Å². The van der Waals surface area contributed by atoms with E-state index in [0.29, 0.717) is 5.88 Å². The summed E-state index contributed by atoms with van der Waals surface area (Å²) in [6.07, 6.45) is 3.80. The molecule has 0 unspecified atom stereocenters. The number of hydrogen-bond donors (Lipinski definition) is 0. The van der Waals surface area contributed by atoms with Crippen LogP contribution in [0.4, 0.5) is 5.95 Å². The molecule has 0 aliphatic carbocycles. The standard InChI is InChI=1S/C18H21N5O/c1-21-10-12-23(13-11-21)18-19-8-6-16(20-18)24-15-5-3-4-14-7-9-22(2)17(14)15/h3-9H,10-13H2,1-2H3. The van der Waals surface area contributed by atoms with Gasteiger partial charge in [0.05, 0.1) is 5.52 Å². The number of para-hydroxylation sites is 1. The third-order valence-electron chi connectivity index (χ3n) is 4.48.